The fraction of sp³-hybridized carbons (Fsp3) is 0.176. The van der Waals surface area contributed by atoms with E-state index in [9.17, 15) is 9.59 Å². The average Bonchev–Trinajstić information content (AvgIpc) is 2.55. The first-order chi connectivity index (χ1) is 11.4. The summed E-state index contributed by atoms with van der Waals surface area (Å²) < 4.78 is 10.2. The summed E-state index contributed by atoms with van der Waals surface area (Å²) in [4.78, 5) is 23.8. The molecule has 0 heterocycles. The Hall–Kier alpha value is -2.24. The molecular formula is C17H15Cl2NO4. The van der Waals surface area contributed by atoms with E-state index in [1.54, 1.807) is 37.3 Å². The molecular weight excluding hydrogens is 353 g/mol. The zero-order valence-corrected chi connectivity index (χ0v) is 14.5. The standard InChI is InChI=1S/C17H15Cl2NO4/c1-10(24-13-5-3-4-11(18)8-13)16(21)20-12-6-7-15(19)14(9-12)17(22)23-2/h3-10H,1-2H3,(H,20,21)/t10-/m1/s1. The zero-order valence-electron chi connectivity index (χ0n) is 13.0. The maximum absolute atomic E-state index is 12.2. The van der Waals surface area contributed by atoms with Crippen molar-refractivity contribution in [3.8, 4) is 5.75 Å². The predicted molar refractivity (Wildman–Crippen MR) is 93.0 cm³/mol. The van der Waals surface area contributed by atoms with E-state index in [-0.39, 0.29) is 16.5 Å². The lowest BCUT2D eigenvalue weighted by molar-refractivity contribution is -0.122. The van der Waals surface area contributed by atoms with Crippen molar-refractivity contribution < 1.29 is 19.1 Å². The third-order valence-electron chi connectivity index (χ3n) is 3.12. The van der Waals surface area contributed by atoms with E-state index in [0.717, 1.165) is 0 Å². The zero-order chi connectivity index (χ0) is 17.7. The number of ether oxygens (including phenoxy) is 2. The number of hydrogen-bond acceptors (Lipinski definition) is 4. The Morgan fingerprint density at radius 1 is 1.12 bits per heavy atom. The highest BCUT2D eigenvalue weighted by atomic mass is 35.5. The van der Waals surface area contributed by atoms with Gasteiger partial charge in [0.15, 0.2) is 6.10 Å². The molecule has 7 heteroatoms. The first kappa shape index (κ1) is 18.1. The van der Waals surface area contributed by atoms with Gasteiger partial charge in [-0.1, -0.05) is 29.3 Å². The van der Waals surface area contributed by atoms with Crippen LogP contribution in [0.1, 0.15) is 17.3 Å². The van der Waals surface area contributed by atoms with Crippen LogP contribution in [0.5, 0.6) is 5.75 Å². The van der Waals surface area contributed by atoms with Gasteiger partial charge in [0, 0.05) is 10.7 Å². The van der Waals surface area contributed by atoms with Crippen LogP contribution in [0.3, 0.4) is 0 Å². The molecule has 2 aromatic rings. The molecule has 24 heavy (non-hydrogen) atoms. The summed E-state index contributed by atoms with van der Waals surface area (Å²) in [6, 6.07) is 11.3. The lowest BCUT2D eigenvalue weighted by atomic mass is 10.2. The highest BCUT2D eigenvalue weighted by Crippen LogP contribution is 2.22. The topological polar surface area (TPSA) is 64.6 Å². The fourth-order valence-electron chi connectivity index (χ4n) is 1.91. The maximum Gasteiger partial charge on any atom is 0.339 e. The lowest BCUT2D eigenvalue weighted by Gasteiger charge is -2.15. The van der Waals surface area contributed by atoms with Crippen molar-refractivity contribution in [3.63, 3.8) is 0 Å². The Balaban J connectivity index is 2.07. The number of methoxy groups -OCH3 is 1. The number of nitrogens with one attached hydrogen (secondary N) is 1. The molecule has 0 spiro atoms. The Bertz CT molecular complexity index is 764. The van der Waals surface area contributed by atoms with Gasteiger partial charge in [-0.2, -0.15) is 0 Å². The molecule has 0 radical (unpaired) electrons. The van der Waals surface area contributed by atoms with Gasteiger partial charge in [-0.3, -0.25) is 4.79 Å². The van der Waals surface area contributed by atoms with Crippen LogP contribution in [0.25, 0.3) is 0 Å². The van der Waals surface area contributed by atoms with Crippen LogP contribution >= 0.6 is 23.2 Å². The molecule has 0 aliphatic carbocycles. The number of anilines is 1. The molecule has 1 amide bonds. The second kappa shape index (κ2) is 8.04. The maximum atomic E-state index is 12.2. The molecule has 1 N–H and O–H groups in total. The molecule has 1 atom stereocenters. The molecule has 0 aliphatic heterocycles. The Kier molecular flexibility index (Phi) is 6.06. The summed E-state index contributed by atoms with van der Waals surface area (Å²) in [5.74, 6) is -0.482. The van der Waals surface area contributed by atoms with Gasteiger partial charge >= 0.3 is 5.97 Å². The number of rotatable bonds is 5. The van der Waals surface area contributed by atoms with Crippen molar-refractivity contribution in [1.29, 1.82) is 0 Å². The van der Waals surface area contributed by atoms with Gasteiger partial charge in [-0.25, -0.2) is 4.79 Å². The van der Waals surface area contributed by atoms with Crippen molar-refractivity contribution in [1.82, 2.24) is 0 Å². The van der Waals surface area contributed by atoms with Gasteiger partial charge < -0.3 is 14.8 Å². The minimum atomic E-state index is -0.763. The minimum absolute atomic E-state index is 0.167. The van der Waals surface area contributed by atoms with Crippen LogP contribution in [0.4, 0.5) is 5.69 Å². The molecule has 0 unspecified atom stereocenters. The van der Waals surface area contributed by atoms with Gasteiger partial charge in [-0.05, 0) is 43.3 Å². The SMILES string of the molecule is COC(=O)c1cc(NC(=O)[C@@H](C)Oc2cccc(Cl)c2)ccc1Cl. The van der Waals surface area contributed by atoms with Crippen LogP contribution in [-0.2, 0) is 9.53 Å². The summed E-state index contributed by atoms with van der Waals surface area (Å²) in [5.41, 5.74) is 0.576. The van der Waals surface area contributed by atoms with E-state index < -0.39 is 12.1 Å². The van der Waals surface area contributed by atoms with E-state index >= 15 is 0 Å². The third kappa shape index (κ3) is 4.63. The van der Waals surface area contributed by atoms with Crippen molar-refractivity contribution in [2.24, 2.45) is 0 Å². The second-order valence-corrected chi connectivity index (χ2v) is 5.74. The van der Waals surface area contributed by atoms with Crippen LogP contribution in [0, 0.1) is 0 Å². The summed E-state index contributed by atoms with van der Waals surface area (Å²) in [5, 5.41) is 3.41. The molecule has 0 saturated carbocycles. The van der Waals surface area contributed by atoms with Gasteiger partial charge in [0.05, 0.1) is 17.7 Å². The first-order valence-corrected chi connectivity index (χ1v) is 7.77. The molecule has 5 nitrogen and oxygen atoms in total. The quantitative estimate of drug-likeness (QED) is 0.804. The van der Waals surface area contributed by atoms with Crippen molar-refractivity contribution in [2.75, 3.05) is 12.4 Å². The van der Waals surface area contributed by atoms with E-state index in [1.807, 2.05) is 0 Å². The number of esters is 1. The van der Waals surface area contributed by atoms with Gasteiger partial charge in [0.25, 0.3) is 5.91 Å². The Morgan fingerprint density at radius 2 is 1.88 bits per heavy atom. The van der Waals surface area contributed by atoms with E-state index in [1.165, 1.54) is 19.2 Å². The number of benzene rings is 2. The van der Waals surface area contributed by atoms with E-state index in [0.29, 0.717) is 16.5 Å². The average molecular weight is 368 g/mol. The number of amides is 1. The number of hydrogen-bond donors (Lipinski definition) is 1. The van der Waals surface area contributed by atoms with Crippen LogP contribution in [-0.4, -0.2) is 25.1 Å². The first-order valence-electron chi connectivity index (χ1n) is 7.01. The Labute approximate surface area is 149 Å². The largest absolute Gasteiger partial charge is 0.481 e. The third-order valence-corrected chi connectivity index (χ3v) is 3.68. The molecule has 0 saturated heterocycles. The molecule has 126 valence electrons. The van der Waals surface area contributed by atoms with Crippen molar-refractivity contribution in [3.05, 3.63) is 58.1 Å². The lowest BCUT2D eigenvalue weighted by Crippen LogP contribution is -2.30. The van der Waals surface area contributed by atoms with Crippen LogP contribution in [0.15, 0.2) is 42.5 Å². The van der Waals surface area contributed by atoms with Gasteiger partial charge in [0.1, 0.15) is 5.75 Å². The van der Waals surface area contributed by atoms with Crippen molar-refractivity contribution in [2.45, 2.75) is 13.0 Å². The molecule has 0 aromatic heterocycles. The summed E-state index contributed by atoms with van der Waals surface area (Å²) in [6.45, 7) is 1.60. The number of carbonyl (C=O) groups is 2. The molecule has 0 fully saturated rings. The van der Waals surface area contributed by atoms with E-state index in [4.69, 9.17) is 27.9 Å². The summed E-state index contributed by atoms with van der Waals surface area (Å²) >= 11 is 11.8. The number of halogens is 2. The summed E-state index contributed by atoms with van der Waals surface area (Å²) in [6.07, 6.45) is -0.763. The highest BCUT2D eigenvalue weighted by molar-refractivity contribution is 6.33. The van der Waals surface area contributed by atoms with Crippen molar-refractivity contribution >= 4 is 40.8 Å². The minimum Gasteiger partial charge on any atom is -0.481 e. The van der Waals surface area contributed by atoms with Gasteiger partial charge in [-0.15, -0.1) is 0 Å². The molecule has 2 aromatic carbocycles. The second-order valence-electron chi connectivity index (χ2n) is 4.89. The molecule has 0 bridgehead atoms. The van der Waals surface area contributed by atoms with Crippen LogP contribution < -0.4 is 10.1 Å². The normalized spacial score (nSPS) is 11.5. The van der Waals surface area contributed by atoms with Gasteiger partial charge in [0.2, 0.25) is 0 Å². The van der Waals surface area contributed by atoms with Crippen LogP contribution in [0.2, 0.25) is 10.0 Å². The van der Waals surface area contributed by atoms with E-state index in [2.05, 4.69) is 10.1 Å². The monoisotopic (exact) mass is 367 g/mol. The summed E-state index contributed by atoms with van der Waals surface area (Å²) in [7, 11) is 1.25. The Morgan fingerprint density at radius 3 is 2.54 bits per heavy atom. The molecule has 0 aliphatic rings. The molecule has 2 rings (SSSR count). The fourth-order valence-corrected chi connectivity index (χ4v) is 2.29. The smallest absolute Gasteiger partial charge is 0.339 e. The number of carbonyl (C=O) groups excluding carboxylic acids is 2. The predicted octanol–water partition coefficient (Wildman–Crippen LogP) is 4.19. The highest BCUT2D eigenvalue weighted by Gasteiger charge is 2.17.